The van der Waals surface area contributed by atoms with E-state index >= 15 is 0 Å². The molecule has 0 aliphatic heterocycles. The second kappa shape index (κ2) is 5.43. The summed E-state index contributed by atoms with van der Waals surface area (Å²) in [4.78, 5) is 2.72. The monoisotopic (exact) mass is 279 g/mol. The smallest absolute Gasteiger partial charge is 0.0588 e. The zero-order valence-corrected chi connectivity index (χ0v) is 12.7. The molecular formula is C15H18ClNS. The summed E-state index contributed by atoms with van der Waals surface area (Å²) in [6, 6.07) is 8.56. The fourth-order valence-corrected chi connectivity index (χ4v) is 3.48. The van der Waals surface area contributed by atoms with Crippen LogP contribution in [0, 0.1) is 20.8 Å². The van der Waals surface area contributed by atoms with Crippen molar-refractivity contribution in [1.82, 2.24) is 5.32 Å². The maximum atomic E-state index is 6.13. The Bertz CT molecular complexity index is 560. The van der Waals surface area contributed by atoms with Crippen LogP contribution in [0.5, 0.6) is 0 Å². The SMILES string of the molecule is CNC(c1cc(Cl)ccc1C)c1cc(C)sc1C. The Kier molecular flexibility index (Phi) is 4.10. The van der Waals surface area contributed by atoms with Gasteiger partial charge in [0.05, 0.1) is 6.04 Å². The lowest BCUT2D eigenvalue weighted by molar-refractivity contribution is 0.686. The maximum Gasteiger partial charge on any atom is 0.0588 e. The average molecular weight is 280 g/mol. The van der Waals surface area contributed by atoms with Crippen molar-refractivity contribution < 1.29 is 0 Å². The minimum Gasteiger partial charge on any atom is -0.309 e. The molecule has 2 rings (SSSR count). The molecule has 1 aromatic carbocycles. The molecule has 0 saturated carbocycles. The van der Waals surface area contributed by atoms with Gasteiger partial charge < -0.3 is 5.32 Å². The molecule has 1 nitrogen and oxygen atoms in total. The minimum atomic E-state index is 0.216. The van der Waals surface area contributed by atoms with Crippen LogP contribution in [0.15, 0.2) is 24.3 Å². The van der Waals surface area contributed by atoms with Crippen molar-refractivity contribution in [3.05, 3.63) is 55.7 Å². The fraction of sp³-hybridized carbons (Fsp3) is 0.333. The molecule has 0 bridgehead atoms. The number of aryl methyl sites for hydroxylation is 3. The lowest BCUT2D eigenvalue weighted by Gasteiger charge is -2.19. The Morgan fingerprint density at radius 1 is 1.11 bits per heavy atom. The largest absolute Gasteiger partial charge is 0.309 e. The molecule has 18 heavy (non-hydrogen) atoms. The van der Waals surface area contributed by atoms with Crippen molar-refractivity contribution in [2.24, 2.45) is 0 Å². The van der Waals surface area contributed by atoms with Crippen LogP contribution in [0.4, 0.5) is 0 Å². The molecule has 3 heteroatoms. The summed E-state index contributed by atoms with van der Waals surface area (Å²) in [5.74, 6) is 0. The lowest BCUT2D eigenvalue weighted by Crippen LogP contribution is -2.18. The van der Waals surface area contributed by atoms with Crippen LogP contribution in [0.1, 0.15) is 32.5 Å². The third-order valence-electron chi connectivity index (χ3n) is 3.23. The highest BCUT2D eigenvalue weighted by molar-refractivity contribution is 7.12. The van der Waals surface area contributed by atoms with Crippen molar-refractivity contribution in [3.63, 3.8) is 0 Å². The molecule has 96 valence electrons. The first-order chi connectivity index (χ1) is 8.52. The first kappa shape index (κ1) is 13.6. The quantitative estimate of drug-likeness (QED) is 0.863. The van der Waals surface area contributed by atoms with Gasteiger partial charge in [0.15, 0.2) is 0 Å². The highest BCUT2D eigenvalue weighted by atomic mass is 35.5. The van der Waals surface area contributed by atoms with E-state index in [0.29, 0.717) is 0 Å². The molecule has 0 saturated heterocycles. The number of rotatable bonds is 3. The first-order valence-corrected chi connectivity index (χ1v) is 7.22. The van der Waals surface area contributed by atoms with E-state index < -0.39 is 0 Å². The first-order valence-electron chi connectivity index (χ1n) is 6.03. The number of hydrogen-bond donors (Lipinski definition) is 1. The Labute approximate surface area is 118 Å². The molecule has 0 radical (unpaired) electrons. The zero-order chi connectivity index (χ0) is 13.3. The van der Waals surface area contributed by atoms with Gasteiger partial charge in [-0.25, -0.2) is 0 Å². The average Bonchev–Trinajstić information content (AvgIpc) is 2.64. The van der Waals surface area contributed by atoms with E-state index in [1.165, 1.54) is 26.4 Å². The predicted octanol–water partition coefficient (Wildman–Crippen LogP) is 4.64. The molecule has 1 aromatic heterocycles. The third kappa shape index (κ3) is 2.61. The van der Waals surface area contributed by atoms with Crippen LogP contribution in [-0.2, 0) is 0 Å². The molecular weight excluding hydrogens is 262 g/mol. The minimum absolute atomic E-state index is 0.216. The van der Waals surface area contributed by atoms with Crippen molar-refractivity contribution in [2.45, 2.75) is 26.8 Å². The van der Waals surface area contributed by atoms with Crippen molar-refractivity contribution in [3.8, 4) is 0 Å². The van der Waals surface area contributed by atoms with Gasteiger partial charge in [0, 0.05) is 14.8 Å². The van der Waals surface area contributed by atoms with E-state index in [4.69, 9.17) is 11.6 Å². The summed E-state index contributed by atoms with van der Waals surface area (Å²) in [6.07, 6.45) is 0. The van der Waals surface area contributed by atoms with E-state index in [1.54, 1.807) is 0 Å². The highest BCUT2D eigenvalue weighted by Crippen LogP contribution is 2.32. The standard InChI is InChI=1S/C15H18ClNS/c1-9-5-6-12(16)8-13(9)15(17-4)14-7-10(2)18-11(14)3/h5-8,15,17H,1-4H3. The van der Waals surface area contributed by atoms with Crippen LogP contribution in [0.2, 0.25) is 5.02 Å². The summed E-state index contributed by atoms with van der Waals surface area (Å²) in [5, 5.41) is 4.20. The second-order valence-electron chi connectivity index (χ2n) is 4.59. The molecule has 0 aliphatic carbocycles. The molecule has 2 aromatic rings. The fourth-order valence-electron chi connectivity index (χ4n) is 2.34. The molecule has 0 spiro atoms. The topological polar surface area (TPSA) is 12.0 Å². The number of halogens is 1. The molecule has 1 N–H and O–H groups in total. The highest BCUT2D eigenvalue weighted by Gasteiger charge is 2.18. The van der Waals surface area contributed by atoms with Gasteiger partial charge in [-0.2, -0.15) is 0 Å². The van der Waals surface area contributed by atoms with Crippen LogP contribution in [-0.4, -0.2) is 7.05 Å². The Morgan fingerprint density at radius 3 is 2.39 bits per heavy atom. The summed E-state index contributed by atoms with van der Waals surface area (Å²) in [6.45, 7) is 6.46. The summed E-state index contributed by atoms with van der Waals surface area (Å²) < 4.78 is 0. The van der Waals surface area contributed by atoms with Gasteiger partial charge in [-0.15, -0.1) is 11.3 Å². The van der Waals surface area contributed by atoms with E-state index in [-0.39, 0.29) is 6.04 Å². The number of thiophene rings is 1. The van der Waals surface area contributed by atoms with Gasteiger partial charge in [0.2, 0.25) is 0 Å². The normalized spacial score (nSPS) is 12.7. The summed E-state index contributed by atoms with van der Waals surface area (Å²) >= 11 is 7.97. The number of benzene rings is 1. The number of nitrogens with one attached hydrogen (secondary N) is 1. The molecule has 0 aliphatic rings. The van der Waals surface area contributed by atoms with Crippen LogP contribution in [0.3, 0.4) is 0 Å². The van der Waals surface area contributed by atoms with Crippen LogP contribution >= 0.6 is 22.9 Å². The Morgan fingerprint density at radius 2 is 1.83 bits per heavy atom. The van der Waals surface area contributed by atoms with E-state index in [1.807, 2.05) is 24.5 Å². The van der Waals surface area contributed by atoms with Gasteiger partial charge in [-0.3, -0.25) is 0 Å². The van der Waals surface area contributed by atoms with Crippen molar-refractivity contribution >= 4 is 22.9 Å². The molecule has 0 fully saturated rings. The van der Waals surface area contributed by atoms with Crippen LogP contribution in [0.25, 0.3) is 0 Å². The number of hydrogen-bond acceptors (Lipinski definition) is 2. The van der Waals surface area contributed by atoms with Crippen LogP contribution < -0.4 is 5.32 Å². The zero-order valence-electron chi connectivity index (χ0n) is 11.2. The van der Waals surface area contributed by atoms with Gasteiger partial charge in [0.1, 0.15) is 0 Å². The maximum absolute atomic E-state index is 6.13. The second-order valence-corrected chi connectivity index (χ2v) is 6.49. The summed E-state index contributed by atoms with van der Waals surface area (Å²) in [5.41, 5.74) is 3.87. The van der Waals surface area contributed by atoms with E-state index in [2.05, 4.69) is 44.3 Å². The molecule has 1 heterocycles. The predicted molar refractivity (Wildman–Crippen MR) is 80.9 cm³/mol. The van der Waals surface area contributed by atoms with Gasteiger partial charge in [-0.1, -0.05) is 17.7 Å². The van der Waals surface area contributed by atoms with E-state index in [0.717, 1.165) is 5.02 Å². The van der Waals surface area contributed by atoms with Gasteiger partial charge in [-0.05, 0) is 62.7 Å². The molecule has 1 unspecified atom stereocenters. The summed E-state index contributed by atoms with van der Waals surface area (Å²) in [7, 11) is 2.00. The van der Waals surface area contributed by atoms with Crippen molar-refractivity contribution in [1.29, 1.82) is 0 Å². The van der Waals surface area contributed by atoms with E-state index in [9.17, 15) is 0 Å². The lowest BCUT2D eigenvalue weighted by atomic mass is 9.95. The van der Waals surface area contributed by atoms with Gasteiger partial charge >= 0.3 is 0 Å². The Balaban J connectivity index is 2.51. The Hall–Kier alpha value is -0.830. The van der Waals surface area contributed by atoms with Crippen molar-refractivity contribution in [2.75, 3.05) is 7.05 Å². The third-order valence-corrected chi connectivity index (χ3v) is 4.45. The molecule has 1 atom stereocenters. The van der Waals surface area contributed by atoms with Gasteiger partial charge in [0.25, 0.3) is 0 Å². The molecule has 0 amide bonds.